The van der Waals surface area contributed by atoms with Crippen molar-refractivity contribution in [3.8, 4) is 0 Å². The molecule has 23 heavy (non-hydrogen) atoms. The van der Waals surface area contributed by atoms with Crippen LogP contribution in [-0.2, 0) is 15.8 Å². The Morgan fingerprint density at radius 1 is 1.35 bits per heavy atom. The van der Waals surface area contributed by atoms with Crippen molar-refractivity contribution >= 4 is 10.0 Å². The molecule has 0 spiro atoms. The number of piperidine rings is 1. The summed E-state index contributed by atoms with van der Waals surface area (Å²) in [6.45, 7) is 6.74. The molecule has 0 radical (unpaired) electrons. The van der Waals surface area contributed by atoms with Crippen molar-refractivity contribution in [3.05, 3.63) is 35.4 Å². The summed E-state index contributed by atoms with van der Waals surface area (Å²) >= 11 is 0. The number of hydrogen-bond donors (Lipinski definition) is 2. The first kappa shape index (κ1) is 18.4. The Bertz CT molecular complexity index is 596. The van der Waals surface area contributed by atoms with Crippen LogP contribution in [-0.4, -0.2) is 50.7 Å². The third-order valence-corrected chi connectivity index (χ3v) is 5.64. The van der Waals surface area contributed by atoms with Crippen molar-refractivity contribution in [1.82, 2.24) is 9.62 Å². The Kier molecular flexibility index (Phi) is 6.59. The predicted octanol–water partition coefficient (Wildman–Crippen LogP) is 1.51. The molecule has 6 heteroatoms. The molecule has 1 unspecified atom stereocenters. The van der Waals surface area contributed by atoms with Crippen molar-refractivity contribution < 1.29 is 13.5 Å². The molecule has 1 aromatic carbocycles. The minimum absolute atomic E-state index is 0.0529. The largest absolute Gasteiger partial charge is 0.390 e. The highest BCUT2D eigenvalue weighted by Crippen LogP contribution is 2.16. The van der Waals surface area contributed by atoms with Crippen LogP contribution in [0.5, 0.6) is 0 Å². The van der Waals surface area contributed by atoms with E-state index < -0.39 is 16.1 Å². The van der Waals surface area contributed by atoms with E-state index in [4.69, 9.17) is 0 Å². The second kappa shape index (κ2) is 8.24. The van der Waals surface area contributed by atoms with E-state index in [-0.39, 0.29) is 12.3 Å². The molecule has 0 aromatic heterocycles. The van der Waals surface area contributed by atoms with E-state index in [1.807, 2.05) is 25.1 Å². The summed E-state index contributed by atoms with van der Waals surface area (Å²) in [6.07, 6.45) is 1.62. The molecule has 1 fully saturated rings. The Morgan fingerprint density at radius 2 is 2.04 bits per heavy atom. The topological polar surface area (TPSA) is 69.6 Å². The lowest BCUT2D eigenvalue weighted by Gasteiger charge is -2.31. The fourth-order valence-corrected chi connectivity index (χ4v) is 4.07. The van der Waals surface area contributed by atoms with Crippen LogP contribution in [0.15, 0.2) is 24.3 Å². The quantitative estimate of drug-likeness (QED) is 0.789. The van der Waals surface area contributed by atoms with Crippen molar-refractivity contribution in [2.75, 3.05) is 26.2 Å². The molecule has 0 aliphatic carbocycles. The SMILES string of the molecule is Cc1cccc(CS(=O)(=O)NCC(O)CN2CCC(C)CC2)c1. The van der Waals surface area contributed by atoms with Gasteiger partial charge in [-0.2, -0.15) is 0 Å². The van der Waals surface area contributed by atoms with E-state index in [1.165, 1.54) is 0 Å². The van der Waals surface area contributed by atoms with Gasteiger partial charge in [0.2, 0.25) is 10.0 Å². The normalized spacial score (nSPS) is 18.9. The number of aryl methyl sites for hydroxylation is 1. The van der Waals surface area contributed by atoms with Crippen LogP contribution in [0.4, 0.5) is 0 Å². The van der Waals surface area contributed by atoms with E-state index in [9.17, 15) is 13.5 Å². The maximum atomic E-state index is 12.1. The van der Waals surface area contributed by atoms with Gasteiger partial charge >= 0.3 is 0 Å². The fourth-order valence-electron chi connectivity index (χ4n) is 2.90. The van der Waals surface area contributed by atoms with Gasteiger partial charge in [0.05, 0.1) is 11.9 Å². The third kappa shape index (κ3) is 6.59. The zero-order valence-corrected chi connectivity index (χ0v) is 14.8. The van der Waals surface area contributed by atoms with E-state index in [2.05, 4.69) is 16.5 Å². The van der Waals surface area contributed by atoms with Crippen LogP contribution in [0.3, 0.4) is 0 Å². The minimum Gasteiger partial charge on any atom is -0.390 e. The lowest BCUT2D eigenvalue weighted by Crippen LogP contribution is -2.43. The number of nitrogens with one attached hydrogen (secondary N) is 1. The summed E-state index contributed by atoms with van der Waals surface area (Å²) in [4.78, 5) is 2.21. The van der Waals surface area contributed by atoms with Gasteiger partial charge in [-0.3, -0.25) is 0 Å². The third-order valence-electron chi connectivity index (χ3n) is 4.32. The average molecular weight is 340 g/mol. The maximum Gasteiger partial charge on any atom is 0.215 e. The van der Waals surface area contributed by atoms with E-state index in [0.29, 0.717) is 6.54 Å². The Labute approximate surface area is 139 Å². The number of likely N-dealkylation sites (tertiary alicyclic amines) is 1. The summed E-state index contributed by atoms with van der Waals surface area (Å²) in [6, 6.07) is 7.46. The molecule has 5 nitrogen and oxygen atoms in total. The highest BCUT2D eigenvalue weighted by atomic mass is 32.2. The number of benzene rings is 1. The van der Waals surface area contributed by atoms with Gasteiger partial charge < -0.3 is 10.0 Å². The van der Waals surface area contributed by atoms with Crippen LogP contribution in [0.25, 0.3) is 0 Å². The van der Waals surface area contributed by atoms with Gasteiger partial charge in [0, 0.05) is 13.1 Å². The number of aliphatic hydroxyl groups is 1. The minimum atomic E-state index is -3.42. The summed E-state index contributed by atoms with van der Waals surface area (Å²) in [5.41, 5.74) is 1.80. The standard InChI is InChI=1S/C17H28N2O3S/c1-14-6-8-19(9-7-14)12-17(20)11-18-23(21,22)13-16-5-3-4-15(2)10-16/h3-5,10,14,17-18,20H,6-9,11-13H2,1-2H3. The van der Waals surface area contributed by atoms with Crippen molar-refractivity contribution in [2.24, 2.45) is 5.92 Å². The van der Waals surface area contributed by atoms with E-state index in [1.54, 1.807) is 6.07 Å². The zero-order valence-electron chi connectivity index (χ0n) is 14.0. The number of nitrogens with zero attached hydrogens (tertiary/aromatic N) is 1. The van der Waals surface area contributed by atoms with Crippen LogP contribution in [0.2, 0.25) is 0 Å². The summed E-state index contributed by atoms with van der Waals surface area (Å²) in [5, 5.41) is 10.1. The fraction of sp³-hybridized carbons (Fsp3) is 0.647. The summed E-state index contributed by atoms with van der Waals surface area (Å²) in [7, 11) is -3.42. The van der Waals surface area contributed by atoms with Gasteiger partial charge in [-0.25, -0.2) is 13.1 Å². The molecule has 130 valence electrons. The van der Waals surface area contributed by atoms with Gasteiger partial charge in [-0.05, 0) is 44.3 Å². The van der Waals surface area contributed by atoms with E-state index >= 15 is 0 Å². The second-order valence-electron chi connectivity index (χ2n) is 6.73. The monoisotopic (exact) mass is 340 g/mol. The predicted molar refractivity (Wildman–Crippen MR) is 92.7 cm³/mol. The van der Waals surface area contributed by atoms with Crippen LogP contribution in [0.1, 0.15) is 30.9 Å². The molecule has 0 saturated carbocycles. The lowest BCUT2D eigenvalue weighted by atomic mass is 9.99. The number of sulfonamides is 1. The molecule has 1 aliphatic rings. The van der Waals surface area contributed by atoms with Crippen LogP contribution < -0.4 is 4.72 Å². The van der Waals surface area contributed by atoms with Gasteiger partial charge in [0.1, 0.15) is 0 Å². The Morgan fingerprint density at radius 3 is 2.70 bits per heavy atom. The van der Waals surface area contributed by atoms with Crippen molar-refractivity contribution in [2.45, 2.75) is 38.5 Å². The van der Waals surface area contributed by atoms with Crippen molar-refractivity contribution in [1.29, 1.82) is 0 Å². The second-order valence-corrected chi connectivity index (χ2v) is 8.54. The average Bonchev–Trinajstić information content (AvgIpc) is 2.47. The maximum absolute atomic E-state index is 12.1. The smallest absolute Gasteiger partial charge is 0.215 e. The first-order valence-electron chi connectivity index (χ1n) is 8.27. The van der Waals surface area contributed by atoms with Gasteiger partial charge in [-0.1, -0.05) is 36.8 Å². The lowest BCUT2D eigenvalue weighted by molar-refractivity contribution is 0.0942. The first-order valence-corrected chi connectivity index (χ1v) is 9.92. The highest BCUT2D eigenvalue weighted by molar-refractivity contribution is 7.88. The molecule has 0 bridgehead atoms. The molecule has 2 rings (SSSR count). The molecule has 1 aromatic rings. The zero-order chi connectivity index (χ0) is 16.9. The molecule has 1 aliphatic heterocycles. The van der Waals surface area contributed by atoms with Gasteiger partial charge in [0.25, 0.3) is 0 Å². The molecule has 1 heterocycles. The van der Waals surface area contributed by atoms with Crippen LogP contribution in [0, 0.1) is 12.8 Å². The highest BCUT2D eigenvalue weighted by Gasteiger charge is 2.20. The van der Waals surface area contributed by atoms with Crippen molar-refractivity contribution in [3.63, 3.8) is 0 Å². The number of hydrogen-bond acceptors (Lipinski definition) is 4. The summed E-state index contributed by atoms with van der Waals surface area (Å²) in [5.74, 6) is 0.694. The van der Waals surface area contributed by atoms with E-state index in [0.717, 1.165) is 43.0 Å². The molecule has 1 saturated heterocycles. The molecule has 0 amide bonds. The van der Waals surface area contributed by atoms with Gasteiger partial charge in [-0.15, -0.1) is 0 Å². The molecular weight excluding hydrogens is 312 g/mol. The molecule has 1 atom stereocenters. The summed E-state index contributed by atoms with van der Waals surface area (Å²) < 4.78 is 26.8. The Hall–Kier alpha value is -0.950. The van der Waals surface area contributed by atoms with Gasteiger partial charge in [0.15, 0.2) is 0 Å². The number of rotatable bonds is 7. The number of aliphatic hydroxyl groups excluding tert-OH is 1. The Balaban J connectivity index is 1.77. The van der Waals surface area contributed by atoms with Crippen LogP contribution >= 0.6 is 0 Å². The molecule has 2 N–H and O–H groups in total. The number of β-amino-alcohol motifs (C(OH)–C–C–N with tert-alkyl or cyclic N) is 1. The first-order chi connectivity index (χ1) is 10.8. The molecular formula is C17H28N2O3S.